The molecule has 0 aliphatic carbocycles. The van der Waals surface area contributed by atoms with Crippen LogP contribution in [0, 0.1) is 6.92 Å². The first-order chi connectivity index (χ1) is 9.13. The summed E-state index contributed by atoms with van der Waals surface area (Å²) in [6.45, 7) is 6.82. The Morgan fingerprint density at radius 1 is 1.53 bits per heavy atom. The molecule has 1 N–H and O–H groups in total. The number of rotatable bonds is 3. The van der Waals surface area contributed by atoms with Crippen molar-refractivity contribution in [3.63, 3.8) is 0 Å². The Morgan fingerprint density at radius 3 is 2.89 bits per heavy atom. The quantitative estimate of drug-likeness (QED) is 0.927. The van der Waals surface area contributed by atoms with Crippen LogP contribution in [-0.4, -0.2) is 36.5 Å². The molecule has 2 rings (SSSR count). The van der Waals surface area contributed by atoms with Crippen LogP contribution in [0.15, 0.2) is 22.7 Å². The van der Waals surface area contributed by atoms with Crippen LogP contribution in [0.2, 0.25) is 0 Å². The Balaban J connectivity index is 2.17. The molecule has 0 aromatic heterocycles. The third kappa shape index (κ3) is 3.37. The SMILES string of the molecule is CCN(C(=O)c1ccc(C)c(Br)c1)C1CCCNC1. The van der Waals surface area contributed by atoms with Crippen LogP contribution >= 0.6 is 15.9 Å². The van der Waals surface area contributed by atoms with Gasteiger partial charge in [0.1, 0.15) is 0 Å². The average Bonchev–Trinajstić information content (AvgIpc) is 2.44. The van der Waals surface area contributed by atoms with E-state index in [4.69, 9.17) is 0 Å². The van der Waals surface area contributed by atoms with Gasteiger partial charge < -0.3 is 10.2 Å². The molecule has 3 nitrogen and oxygen atoms in total. The smallest absolute Gasteiger partial charge is 0.254 e. The van der Waals surface area contributed by atoms with Crippen molar-refractivity contribution < 1.29 is 4.79 Å². The number of aryl methyl sites for hydroxylation is 1. The number of nitrogens with zero attached hydrogens (tertiary/aromatic N) is 1. The summed E-state index contributed by atoms with van der Waals surface area (Å²) in [6.07, 6.45) is 2.24. The van der Waals surface area contributed by atoms with Gasteiger partial charge in [0, 0.05) is 29.2 Å². The van der Waals surface area contributed by atoms with Gasteiger partial charge in [-0.2, -0.15) is 0 Å². The zero-order valence-corrected chi connectivity index (χ0v) is 13.2. The minimum absolute atomic E-state index is 0.136. The highest BCUT2D eigenvalue weighted by molar-refractivity contribution is 9.10. The second kappa shape index (κ2) is 6.53. The van der Waals surface area contributed by atoms with Crippen molar-refractivity contribution in [3.05, 3.63) is 33.8 Å². The maximum atomic E-state index is 12.6. The third-order valence-electron chi connectivity index (χ3n) is 3.73. The molecule has 1 unspecified atom stereocenters. The van der Waals surface area contributed by atoms with E-state index in [-0.39, 0.29) is 5.91 Å². The summed E-state index contributed by atoms with van der Waals surface area (Å²) in [5, 5.41) is 3.37. The van der Waals surface area contributed by atoms with E-state index in [0.717, 1.165) is 48.1 Å². The average molecular weight is 325 g/mol. The monoisotopic (exact) mass is 324 g/mol. The first-order valence-corrected chi connectivity index (χ1v) is 7.70. The molecule has 1 fully saturated rings. The van der Waals surface area contributed by atoms with Gasteiger partial charge in [0.2, 0.25) is 0 Å². The van der Waals surface area contributed by atoms with Crippen LogP contribution in [-0.2, 0) is 0 Å². The van der Waals surface area contributed by atoms with E-state index in [2.05, 4.69) is 28.2 Å². The van der Waals surface area contributed by atoms with E-state index in [9.17, 15) is 4.79 Å². The summed E-state index contributed by atoms with van der Waals surface area (Å²) in [6, 6.07) is 6.16. The number of carbonyl (C=O) groups is 1. The largest absolute Gasteiger partial charge is 0.335 e. The van der Waals surface area contributed by atoms with Gasteiger partial charge in [-0.05, 0) is 50.9 Å². The normalized spacial score (nSPS) is 19.2. The zero-order valence-electron chi connectivity index (χ0n) is 11.6. The number of piperidine rings is 1. The molecule has 1 atom stereocenters. The maximum Gasteiger partial charge on any atom is 0.254 e. The Kier molecular flexibility index (Phi) is 4.99. The minimum atomic E-state index is 0.136. The van der Waals surface area contributed by atoms with Crippen LogP contribution in [0.4, 0.5) is 0 Å². The van der Waals surface area contributed by atoms with Crippen LogP contribution in [0.5, 0.6) is 0 Å². The molecule has 1 aliphatic heterocycles. The summed E-state index contributed by atoms with van der Waals surface area (Å²) in [5.74, 6) is 0.136. The van der Waals surface area contributed by atoms with Crippen molar-refractivity contribution >= 4 is 21.8 Å². The van der Waals surface area contributed by atoms with Gasteiger partial charge >= 0.3 is 0 Å². The topological polar surface area (TPSA) is 32.3 Å². The second-order valence-electron chi connectivity index (χ2n) is 5.06. The van der Waals surface area contributed by atoms with Gasteiger partial charge in [0.25, 0.3) is 5.91 Å². The van der Waals surface area contributed by atoms with Gasteiger partial charge in [-0.25, -0.2) is 0 Å². The Bertz CT molecular complexity index is 455. The molecule has 0 bridgehead atoms. The molecule has 1 aromatic carbocycles. The number of hydrogen-bond donors (Lipinski definition) is 1. The van der Waals surface area contributed by atoms with Gasteiger partial charge in [-0.1, -0.05) is 22.0 Å². The Hall–Kier alpha value is -0.870. The number of hydrogen-bond acceptors (Lipinski definition) is 2. The zero-order chi connectivity index (χ0) is 13.8. The van der Waals surface area contributed by atoms with Crippen molar-refractivity contribution in [1.29, 1.82) is 0 Å². The highest BCUT2D eigenvalue weighted by Crippen LogP contribution is 2.20. The summed E-state index contributed by atoms with van der Waals surface area (Å²) in [7, 11) is 0. The molecule has 0 radical (unpaired) electrons. The number of likely N-dealkylation sites (N-methyl/N-ethyl adjacent to an activating group) is 1. The summed E-state index contributed by atoms with van der Waals surface area (Å²) >= 11 is 3.50. The molecule has 104 valence electrons. The fourth-order valence-electron chi connectivity index (χ4n) is 2.56. The Morgan fingerprint density at radius 2 is 2.32 bits per heavy atom. The number of amides is 1. The number of benzene rings is 1. The molecule has 0 spiro atoms. The van der Waals surface area contributed by atoms with Crippen molar-refractivity contribution in [1.82, 2.24) is 10.2 Å². The second-order valence-corrected chi connectivity index (χ2v) is 5.91. The highest BCUT2D eigenvalue weighted by atomic mass is 79.9. The third-order valence-corrected chi connectivity index (χ3v) is 4.59. The molecule has 1 aliphatic rings. The molecule has 1 saturated heterocycles. The highest BCUT2D eigenvalue weighted by Gasteiger charge is 2.24. The van der Waals surface area contributed by atoms with Gasteiger partial charge in [0.15, 0.2) is 0 Å². The predicted molar refractivity (Wildman–Crippen MR) is 81.5 cm³/mol. The first-order valence-electron chi connectivity index (χ1n) is 6.91. The lowest BCUT2D eigenvalue weighted by molar-refractivity contribution is 0.0662. The van der Waals surface area contributed by atoms with Crippen molar-refractivity contribution in [2.75, 3.05) is 19.6 Å². The van der Waals surface area contributed by atoms with Gasteiger partial charge in [0.05, 0.1) is 0 Å². The molecule has 1 heterocycles. The fourth-order valence-corrected chi connectivity index (χ4v) is 2.94. The molecular weight excluding hydrogens is 304 g/mol. The lowest BCUT2D eigenvalue weighted by atomic mass is 10.0. The van der Waals surface area contributed by atoms with E-state index in [1.807, 2.05) is 30.0 Å². The molecule has 19 heavy (non-hydrogen) atoms. The molecule has 1 amide bonds. The maximum absolute atomic E-state index is 12.6. The summed E-state index contributed by atoms with van der Waals surface area (Å²) in [5.41, 5.74) is 1.92. The van der Waals surface area contributed by atoms with E-state index in [0.29, 0.717) is 6.04 Å². The first kappa shape index (κ1) is 14.5. The lowest BCUT2D eigenvalue weighted by Crippen LogP contribution is -2.48. The lowest BCUT2D eigenvalue weighted by Gasteiger charge is -2.34. The Labute approximate surface area is 123 Å². The van der Waals surface area contributed by atoms with E-state index >= 15 is 0 Å². The van der Waals surface area contributed by atoms with Crippen molar-refractivity contribution in [2.45, 2.75) is 32.7 Å². The van der Waals surface area contributed by atoms with Gasteiger partial charge in [-0.15, -0.1) is 0 Å². The standard InChI is InChI=1S/C15H21BrN2O/c1-3-18(13-5-4-8-17-10-13)15(19)12-7-6-11(2)14(16)9-12/h6-7,9,13,17H,3-5,8,10H2,1-2H3. The number of carbonyl (C=O) groups excluding carboxylic acids is 1. The van der Waals surface area contributed by atoms with Crippen molar-refractivity contribution in [3.8, 4) is 0 Å². The van der Waals surface area contributed by atoms with E-state index < -0.39 is 0 Å². The molecule has 1 aromatic rings. The van der Waals surface area contributed by atoms with Crippen LogP contribution in [0.1, 0.15) is 35.7 Å². The molecule has 4 heteroatoms. The van der Waals surface area contributed by atoms with E-state index in [1.54, 1.807) is 0 Å². The van der Waals surface area contributed by atoms with Crippen molar-refractivity contribution in [2.24, 2.45) is 0 Å². The fraction of sp³-hybridized carbons (Fsp3) is 0.533. The molecular formula is C15H21BrN2O. The summed E-state index contributed by atoms with van der Waals surface area (Å²) in [4.78, 5) is 14.6. The van der Waals surface area contributed by atoms with Crippen LogP contribution in [0.25, 0.3) is 0 Å². The predicted octanol–water partition coefficient (Wildman–Crippen LogP) is 2.97. The summed E-state index contributed by atoms with van der Waals surface area (Å²) < 4.78 is 0.996. The van der Waals surface area contributed by atoms with Crippen LogP contribution in [0.3, 0.4) is 0 Å². The van der Waals surface area contributed by atoms with E-state index in [1.165, 1.54) is 0 Å². The van der Waals surface area contributed by atoms with Crippen LogP contribution < -0.4 is 5.32 Å². The number of halogens is 1. The van der Waals surface area contributed by atoms with Gasteiger partial charge in [-0.3, -0.25) is 4.79 Å². The number of nitrogens with one attached hydrogen (secondary N) is 1. The molecule has 0 saturated carbocycles. The minimum Gasteiger partial charge on any atom is -0.335 e.